The second-order valence-corrected chi connectivity index (χ2v) is 2.93. The molecular formula is C6H5N3O7. The van der Waals surface area contributed by atoms with E-state index in [0.717, 1.165) is 0 Å². The van der Waals surface area contributed by atoms with E-state index in [2.05, 4.69) is 0 Å². The predicted molar refractivity (Wildman–Crippen MR) is 47.1 cm³/mol. The van der Waals surface area contributed by atoms with Gasteiger partial charge < -0.3 is 5.11 Å². The van der Waals surface area contributed by atoms with Crippen LogP contribution in [-0.4, -0.2) is 25.9 Å². The van der Waals surface area contributed by atoms with Crippen molar-refractivity contribution in [3.05, 3.63) is 53.6 Å². The van der Waals surface area contributed by atoms with Gasteiger partial charge in [0.2, 0.25) is 5.76 Å². The average molecular weight is 231 g/mol. The highest BCUT2D eigenvalue weighted by atomic mass is 16.6. The molecule has 0 amide bonds. The van der Waals surface area contributed by atoms with Gasteiger partial charge in [0.05, 0.1) is 15.9 Å². The molecule has 0 aromatic rings. The SMILES string of the molecule is O=[N+]([O-])C1=CC([N+](=O)[O-])=C(O)C([N+](=O)[O-])C1. The van der Waals surface area contributed by atoms with Crippen LogP contribution in [0.5, 0.6) is 0 Å². The number of nitrogens with zero attached hydrogens (tertiary/aromatic N) is 3. The molecule has 0 radical (unpaired) electrons. The van der Waals surface area contributed by atoms with Crippen molar-refractivity contribution in [2.45, 2.75) is 12.5 Å². The van der Waals surface area contributed by atoms with Crippen molar-refractivity contribution in [2.75, 3.05) is 0 Å². The molecule has 0 aliphatic heterocycles. The Labute approximate surface area is 86.9 Å². The molecular weight excluding hydrogens is 226 g/mol. The van der Waals surface area contributed by atoms with Gasteiger partial charge in [0.25, 0.3) is 11.7 Å². The molecule has 10 heteroatoms. The maximum atomic E-state index is 10.4. The third-order valence-electron chi connectivity index (χ3n) is 1.97. The molecule has 1 unspecified atom stereocenters. The molecule has 1 rings (SSSR count). The van der Waals surface area contributed by atoms with Crippen LogP contribution >= 0.6 is 0 Å². The molecule has 1 N–H and O–H groups in total. The normalized spacial score (nSPS) is 20.2. The summed E-state index contributed by atoms with van der Waals surface area (Å²) in [6.45, 7) is 0. The van der Waals surface area contributed by atoms with Crippen molar-refractivity contribution < 1.29 is 19.9 Å². The molecule has 1 aliphatic carbocycles. The summed E-state index contributed by atoms with van der Waals surface area (Å²) in [4.78, 5) is 28.2. The first-order valence-corrected chi connectivity index (χ1v) is 3.90. The lowest BCUT2D eigenvalue weighted by atomic mass is 10.0. The van der Waals surface area contributed by atoms with Crippen molar-refractivity contribution in [1.29, 1.82) is 0 Å². The Kier molecular flexibility index (Phi) is 2.83. The van der Waals surface area contributed by atoms with Gasteiger partial charge in [-0.2, -0.15) is 0 Å². The monoisotopic (exact) mass is 231 g/mol. The number of allylic oxidation sites excluding steroid dienone is 1. The minimum atomic E-state index is -1.84. The minimum absolute atomic E-state index is 0.523. The summed E-state index contributed by atoms with van der Waals surface area (Å²) in [6, 6.07) is -1.84. The van der Waals surface area contributed by atoms with Crippen molar-refractivity contribution >= 4 is 0 Å². The second kappa shape index (κ2) is 3.92. The molecule has 0 saturated carbocycles. The van der Waals surface area contributed by atoms with Gasteiger partial charge in [-0.3, -0.25) is 30.3 Å². The zero-order valence-corrected chi connectivity index (χ0v) is 7.60. The molecule has 1 aliphatic rings. The number of aliphatic hydroxyl groups is 1. The summed E-state index contributed by atoms with van der Waals surface area (Å²) in [6.07, 6.45) is -0.154. The van der Waals surface area contributed by atoms with E-state index >= 15 is 0 Å². The summed E-state index contributed by atoms with van der Waals surface area (Å²) in [5.74, 6) is -1.07. The van der Waals surface area contributed by atoms with E-state index in [1.54, 1.807) is 0 Å². The van der Waals surface area contributed by atoms with Crippen LogP contribution in [0.1, 0.15) is 6.42 Å². The Bertz CT molecular complexity index is 437. The van der Waals surface area contributed by atoms with Crippen LogP contribution in [0.4, 0.5) is 0 Å². The lowest BCUT2D eigenvalue weighted by molar-refractivity contribution is -0.529. The van der Waals surface area contributed by atoms with Gasteiger partial charge in [-0.05, 0) is 0 Å². The highest BCUT2D eigenvalue weighted by Gasteiger charge is 2.42. The standard InChI is InChI=1S/C6H5N3O7/c10-6-4(8(13)14)1-3(7(11)12)2-5(6)9(15)16/h1,5,10H,2H2. The van der Waals surface area contributed by atoms with E-state index in [-0.39, 0.29) is 0 Å². The Morgan fingerprint density at radius 2 is 1.75 bits per heavy atom. The first-order chi connectivity index (χ1) is 7.34. The van der Waals surface area contributed by atoms with E-state index < -0.39 is 44.4 Å². The summed E-state index contributed by atoms with van der Waals surface area (Å²) in [7, 11) is 0. The quantitative estimate of drug-likeness (QED) is 0.539. The first kappa shape index (κ1) is 11.6. The van der Waals surface area contributed by atoms with Gasteiger partial charge in [-0.15, -0.1) is 0 Å². The molecule has 16 heavy (non-hydrogen) atoms. The van der Waals surface area contributed by atoms with Gasteiger partial charge >= 0.3 is 5.70 Å². The van der Waals surface area contributed by atoms with E-state index in [1.165, 1.54) is 0 Å². The van der Waals surface area contributed by atoms with Crippen LogP contribution in [0, 0.1) is 30.3 Å². The van der Waals surface area contributed by atoms with Crippen molar-refractivity contribution in [2.24, 2.45) is 0 Å². The van der Waals surface area contributed by atoms with Gasteiger partial charge in [-0.1, -0.05) is 0 Å². The van der Waals surface area contributed by atoms with E-state index in [4.69, 9.17) is 0 Å². The Morgan fingerprint density at radius 1 is 1.19 bits per heavy atom. The number of hydrogen-bond acceptors (Lipinski definition) is 7. The predicted octanol–water partition coefficient (Wildman–Crippen LogP) is 0.242. The maximum Gasteiger partial charge on any atom is 0.320 e. The molecule has 0 bridgehead atoms. The van der Waals surface area contributed by atoms with Crippen LogP contribution in [-0.2, 0) is 0 Å². The Balaban J connectivity index is 3.27. The number of aliphatic hydroxyl groups excluding tert-OH is 1. The van der Waals surface area contributed by atoms with Gasteiger partial charge in [0.1, 0.15) is 6.42 Å². The summed E-state index contributed by atoms with van der Waals surface area (Å²) in [5.41, 5.74) is -1.69. The van der Waals surface area contributed by atoms with Crippen LogP contribution in [0.3, 0.4) is 0 Å². The maximum absolute atomic E-state index is 10.4. The van der Waals surface area contributed by atoms with E-state index in [1.807, 2.05) is 0 Å². The fourth-order valence-electron chi connectivity index (χ4n) is 1.20. The fraction of sp³-hybridized carbons (Fsp3) is 0.333. The summed E-state index contributed by atoms with van der Waals surface area (Å²) >= 11 is 0. The van der Waals surface area contributed by atoms with Crippen LogP contribution in [0.2, 0.25) is 0 Å². The first-order valence-electron chi connectivity index (χ1n) is 3.90. The second-order valence-electron chi connectivity index (χ2n) is 2.93. The molecule has 0 aromatic carbocycles. The van der Waals surface area contributed by atoms with Crippen molar-refractivity contribution in [3.8, 4) is 0 Å². The third-order valence-corrected chi connectivity index (χ3v) is 1.97. The molecule has 86 valence electrons. The van der Waals surface area contributed by atoms with Crippen LogP contribution in [0.15, 0.2) is 23.2 Å². The number of hydrogen-bond donors (Lipinski definition) is 1. The molecule has 0 fully saturated rings. The van der Waals surface area contributed by atoms with E-state index in [0.29, 0.717) is 6.08 Å². The summed E-state index contributed by atoms with van der Waals surface area (Å²) < 4.78 is 0. The lowest BCUT2D eigenvalue weighted by Crippen LogP contribution is -2.29. The number of rotatable bonds is 3. The average Bonchev–Trinajstić information content (AvgIpc) is 2.16. The molecule has 0 spiro atoms. The fourth-order valence-corrected chi connectivity index (χ4v) is 1.20. The number of nitro groups is 3. The molecule has 0 aromatic heterocycles. The van der Waals surface area contributed by atoms with Gasteiger partial charge in [-0.25, -0.2) is 0 Å². The largest absolute Gasteiger partial charge is 0.501 e. The Hall–Kier alpha value is -2.52. The topological polar surface area (TPSA) is 150 Å². The Morgan fingerprint density at radius 3 is 2.12 bits per heavy atom. The van der Waals surface area contributed by atoms with Crippen LogP contribution < -0.4 is 0 Å². The van der Waals surface area contributed by atoms with E-state index in [9.17, 15) is 35.4 Å². The zero-order valence-electron chi connectivity index (χ0n) is 7.60. The molecule has 10 nitrogen and oxygen atoms in total. The van der Waals surface area contributed by atoms with Gasteiger partial charge in [0.15, 0.2) is 0 Å². The lowest BCUT2D eigenvalue weighted by Gasteiger charge is -2.10. The summed E-state index contributed by atoms with van der Waals surface area (Å²) in [5, 5.41) is 40.4. The zero-order chi connectivity index (χ0) is 12.5. The third kappa shape index (κ3) is 1.94. The van der Waals surface area contributed by atoms with Crippen molar-refractivity contribution in [1.82, 2.24) is 0 Å². The highest BCUT2D eigenvalue weighted by Crippen LogP contribution is 2.25. The molecule has 0 saturated heterocycles. The van der Waals surface area contributed by atoms with Crippen molar-refractivity contribution in [3.63, 3.8) is 0 Å². The molecule has 0 heterocycles. The van der Waals surface area contributed by atoms with Crippen LogP contribution in [0.25, 0.3) is 0 Å². The highest BCUT2D eigenvalue weighted by molar-refractivity contribution is 5.25. The smallest absolute Gasteiger partial charge is 0.320 e. The molecule has 1 atom stereocenters. The minimum Gasteiger partial charge on any atom is -0.501 e. The van der Waals surface area contributed by atoms with Gasteiger partial charge in [0, 0.05) is 4.92 Å².